The second-order valence-corrected chi connectivity index (χ2v) is 5.09. The summed E-state index contributed by atoms with van der Waals surface area (Å²) in [4.78, 5) is 4.88. The van der Waals surface area contributed by atoms with Gasteiger partial charge in [0, 0.05) is 38.3 Å². The number of likely N-dealkylation sites (N-methyl/N-ethyl adjacent to an activating group) is 1. The van der Waals surface area contributed by atoms with Crippen molar-refractivity contribution in [2.24, 2.45) is 0 Å². The third-order valence-electron chi connectivity index (χ3n) is 3.60. The fourth-order valence-corrected chi connectivity index (χ4v) is 2.39. The van der Waals surface area contributed by atoms with Crippen LogP contribution in [0.25, 0.3) is 6.08 Å². The molecule has 104 valence electrons. The highest BCUT2D eigenvalue weighted by molar-refractivity contribution is 5.56. The Morgan fingerprint density at radius 1 is 1.26 bits per heavy atom. The van der Waals surface area contributed by atoms with Crippen molar-refractivity contribution in [1.82, 2.24) is 9.80 Å². The number of nitrogens with zero attached hydrogens (tertiary/aromatic N) is 2. The fraction of sp³-hybridized carbons (Fsp3) is 0.500. The molecule has 0 N–H and O–H groups in total. The summed E-state index contributed by atoms with van der Waals surface area (Å²) in [6, 6.07) is 6.43. The van der Waals surface area contributed by atoms with E-state index >= 15 is 0 Å². The van der Waals surface area contributed by atoms with Crippen LogP contribution in [-0.4, -0.2) is 49.6 Å². The molecule has 3 heteroatoms. The van der Waals surface area contributed by atoms with Crippen LogP contribution in [0.4, 0.5) is 0 Å². The Morgan fingerprint density at radius 2 is 2.00 bits per heavy atom. The highest BCUT2D eigenvalue weighted by Crippen LogP contribution is 2.22. The number of hydrogen-bond acceptors (Lipinski definition) is 3. The first-order valence-corrected chi connectivity index (χ1v) is 7.02. The maximum atomic E-state index is 5.68. The van der Waals surface area contributed by atoms with Gasteiger partial charge in [-0.15, -0.1) is 0 Å². The summed E-state index contributed by atoms with van der Waals surface area (Å²) >= 11 is 0. The molecule has 2 rings (SSSR count). The molecular formula is C16H24N2O. The maximum absolute atomic E-state index is 5.68. The fourth-order valence-electron chi connectivity index (χ4n) is 2.39. The molecule has 0 atom stereocenters. The number of benzene rings is 1. The first-order valence-electron chi connectivity index (χ1n) is 7.02. The van der Waals surface area contributed by atoms with Crippen LogP contribution >= 0.6 is 0 Å². The van der Waals surface area contributed by atoms with Crippen molar-refractivity contribution in [3.05, 3.63) is 35.9 Å². The molecule has 1 aliphatic heterocycles. The average molecular weight is 260 g/mol. The van der Waals surface area contributed by atoms with Gasteiger partial charge in [0.05, 0.1) is 6.61 Å². The zero-order valence-electron chi connectivity index (χ0n) is 12.1. The summed E-state index contributed by atoms with van der Waals surface area (Å²) in [5.41, 5.74) is 2.39. The lowest BCUT2D eigenvalue weighted by Crippen LogP contribution is -2.43. The van der Waals surface area contributed by atoms with Crippen LogP contribution in [0.5, 0.6) is 5.75 Å². The molecule has 1 aromatic carbocycles. The monoisotopic (exact) mass is 260 g/mol. The topological polar surface area (TPSA) is 15.7 Å². The third kappa shape index (κ3) is 3.82. The molecule has 0 aromatic heterocycles. The Morgan fingerprint density at radius 3 is 2.63 bits per heavy atom. The molecule has 1 aliphatic rings. The summed E-state index contributed by atoms with van der Waals surface area (Å²) in [5.74, 6) is 0.948. The SMILES string of the molecule is C=Cc1ccc(CN2CCN(C)CC2)cc1OCC. The molecule has 0 radical (unpaired) electrons. The molecule has 0 amide bonds. The van der Waals surface area contributed by atoms with Gasteiger partial charge in [0.15, 0.2) is 0 Å². The molecule has 1 aromatic rings. The number of hydrogen-bond donors (Lipinski definition) is 0. The molecule has 1 saturated heterocycles. The minimum absolute atomic E-state index is 0.693. The van der Waals surface area contributed by atoms with Crippen LogP contribution in [0.3, 0.4) is 0 Å². The molecule has 19 heavy (non-hydrogen) atoms. The van der Waals surface area contributed by atoms with Gasteiger partial charge in [-0.3, -0.25) is 4.90 Å². The van der Waals surface area contributed by atoms with Crippen molar-refractivity contribution in [3.63, 3.8) is 0 Å². The molecule has 1 fully saturated rings. The lowest BCUT2D eigenvalue weighted by Gasteiger charge is -2.32. The van der Waals surface area contributed by atoms with Gasteiger partial charge in [-0.25, -0.2) is 0 Å². The number of ether oxygens (including phenoxy) is 1. The van der Waals surface area contributed by atoms with Crippen LogP contribution in [0.1, 0.15) is 18.1 Å². The van der Waals surface area contributed by atoms with E-state index < -0.39 is 0 Å². The zero-order chi connectivity index (χ0) is 13.7. The quantitative estimate of drug-likeness (QED) is 0.809. The third-order valence-corrected chi connectivity index (χ3v) is 3.60. The molecular weight excluding hydrogens is 236 g/mol. The minimum atomic E-state index is 0.693. The van der Waals surface area contributed by atoms with Gasteiger partial charge < -0.3 is 9.64 Å². The molecule has 0 unspecified atom stereocenters. The number of rotatable bonds is 5. The largest absolute Gasteiger partial charge is 0.493 e. The van der Waals surface area contributed by atoms with E-state index in [2.05, 4.69) is 41.6 Å². The molecule has 3 nitrogen and oxygen atoms in total. The van der Waals surface area contributed by atoms with Crippen LogP contribution in [-0.2, 0) is 6.54 Å². The van der Waals surface area contributed by atoms with Gasteiger partial charge in [-0.1, -0.05) is 24.8 Å². The standard InChI is InChI=1S/C16H24N2O/c1-4-15-7-6-14(12-16(15)19-5-2)13-18-10-8-17(3)9-11-18/h4,6-7,12H,1,5,8-11,13H2,2-3H3. The Hall–Kier alpha value is -1.32. The van der Waals surface area contributed by atoms with Crippen LogP contribution in [0.2, 0.25) is 0 Å². The van der Waals surface area contributed by atoms with E-state index in [1.54, 1.807) is 0 Å². The van der Waals surface area contributed by atoms with Crippen LogP contribution < -0.4 is 4.74 Å². The summed E-state index contributed by atoms with van der Waals surface area (Å²) in [6.07, 6.45) is 1.85. The van der Waals surface area contributed by atoms with E-state index in [0.29, 0.717) is 6.61 Å². The Labute approximate surface area is 116 Å². The van der Waals surface area contributed by atoms with E-state index in [0.717, 1.165) is 44.0 Å². The maximum Gasteiger partial charge on any atom is 0.126 e. The van der Waals surface area contributed by atoms with Gasteiger partial charge in [0.25, 0.3) is 0 Å². The van der Waals surface area contributed by atoms with Crippen molar-refractivity contribution in [2.45, 2.75) is 13.5 Å². The van der Waals surface area contributed by atoms with E-state index in [1.165, 1.54) is 5.56 Å². The average Bonchev–Trinajstić information content (AvgIpc) is 2.42. The Kier molecular flexibility index (Phi) is 5.00. The molecule has 0 spiro atoms. The van der Waals surface area contributed by atoms with Crippen molar-refractivity contribution in [2.75, 3.05) is 39.8 Å². The van der Waals surface area contributed by atoms with E-state index in [-0.39, 0.29) is 0 Å². The van der Waals surface area contributed by atoms with E-state index in [4.69, 9.17) is 4.74 Å². The zero-order valence-corrected chi connectivity index (χ0v) is 12.1. The summed E-state index contributed by atoms with van der Waals surface area (Å²) < 4.78 is 5.68. The van der Waals surface area contributed by atoms with Crippen molar-refractivity contribution < 1.29 is 4.74 Å². The van der Waals surface area contributed by atoms with Gasteiger partial charge in [-0.2, -0.15) is 0 Å². The summed E-state index contributed by atoms with van der Waals surface area (Å²) in [7, 11) is 2.18. The van der Waals surface area contributed by atoms with Crippen molar-refractivity contribution in [1.29, 1.82) is 0 Å². The van der Waals surface area contributed by atoms with Gasteiger partial charge in [0.1, 0.15) is 5.75 Å². The van der Waals surface area contributed by atoms with Crippen LogP contribution in [0, 0.1) is 0 Å². The lowest BCUT2D eigenvalue weighted by atomic mass is 10.1. The van der Waals surface area contributed by atoms with Crippen molar-refractivity contribution >= 4 is 6.08 Å². The molecule has 0 aliphatic carbocycles. The predicted octanol–water partition coefficient (Wildman–Crippen LogP) is 2.48. The normalized spacial score (nSPS) is 17.4. The molecule has 0 bridgehead atoms. The Balaban J connectivity index is 2.04. The second kappa shape index (κ2) is 6.73. The van der Waals surface area contributed by atoms with Gasteiger partial charge in [-0.05, 0) is 25.6 Å². The van der Waals surface area contributed by atoms with E-state index in [9.17, 15) is 0 Å². The first-order chi connectivity index (χ1) is 9.22. The van der Waals surface area contributed by atoms with Crippen LogP contribution in [0.15, 0.2) is 24.8 Å². The van der Waals surface area contributed by atoms with Crippen molar-refractivity contribution in [3.8, 4) is 5.75 Å². The van der Waals surface area contributed by atoms with Gasteiger partial charge in [0.2, 0.25) is 0 Å². The highest BCUT2D eigenvalue weighted by Gasteiger charge is 2.14. The second-order valence-electron chi connectivity index (χ2n) is 5.09. The minimum Gasteiger partial charge on any atom is -0.493 e. The highest BCUT2D eigenvalue weighted by atomic mass is 16.5. The smallest absolute Gasteiger partial charge is 0.126 e. The lowest BCUT2D eigenvalue weighted by molar-refractivity contribution is 0.148. The molecule has 1 heterocycles. The van der Waals surface area contributed by atoms with E-state index in [1.807, 2.05) is 13.0 Å². The molecule has 0 saturated carbocycles. The first kappa shape index (κ1) is 14.1. The number of piperazine rings is 1. The Bertz CT molecular complexity index is 423. The summed E-state index contributed by atoms with van der Waals surface area (Å²) in [6.45, 7) is 12.1. The summed E-state index contributed by atoms with van der Waals surface area (Å²) in [5, 5.41) is 0. The predicted molar refractivity (Wildman–Crippen MR) is 80.5 cm³/mol. The van der Waals surface area contributed by atoms with Gasteiger partial charge >= 0.3 is 0 Å².